The van der Waals surface area contributed by atoms with Crippen LogP contribution in [0.4, 0.5) is 0 Å². The number of fused-ring (bicyclic) bond motifs is 1. The monoisotopic (exact) mass is 806 g/mol. The van der Waals surface area contributed by atoms with Crippen LogP contribution in [0, 0.1) is 12.3 Å². The van der Waals surface area contributed by atoms with Gasteiger partial charge < -0.3 is 36.8 Å². The first-order chi connectivity index (χ1) is 26.1. The summed E-state index contributed by atoms with van der Waals surface area (Å²) in [7, 11) is 0. The number of likely N-dealkylation sites (tertiary alicyclic amines) is 1. The quantitative estimate of drug-likeness (QED) is 0.105. The molecular weight excluding hydrogens is 752 g/mol. The summed E-state index contributed by atoms with van der Waals surface area (Å²) in [6.07, 6.45) is 0.357. The maximum absolute atomic E-state index is 14.0. The van der Waals surface area contributed by atoms with Gasteiger partial charge in [-0.3, -0.25) is 19.2 Å². The standard InChI is InChI=1S/C42H54N6O6S.ClH/c1-25-38(55-24-46-25)30-11-7-28(8-12-30)21-45-40(52)35-20-33(49)22-48(35)41(53)39(42(3,4)5)47-37(51)17-10-27-6-13-32-19-29(9-14-31(32)18-27)23-54-26(2)34(43)15-16-36(44)50;/h6-9,11-14,18-19,24,26,33-35,39,49H,10,15-17,20-23,43H2,1-5H3,(H2,44,50)(H,45,52)(H,47,51);1H/t26-,33-,34+,35+,39-;/m1./s1. The topological polar surface area (TPSA) is 190 Å². The number of nitrogens with one attached hydrogen (secondary N) is 2. The van der Waals surface area contributed by atoms with Gasteiger partial charge in [-0.15, -0.1) is 23.7 Å². The molecule has 0 spiro atoms. The van der Waals surface area contributed by atoms with Crippen molar-refractivity contribution in [3.05, 3.63) is 88.6 Å². The highest BCUT2D eigenvalue weighted by Crippen LogP contribution is 2.29. The van der Waals surface area contributed by atoms with E-state index in [4.69, 9.17) is 16.2 Å². The molecule has 302 valence electrons. The Morgan fingerprint density at radius 2 is 1.64 bits per heavy atom. The van der Waals surface area contributed by atoms with E-state index in [-0.39, 0.29) is 74.6 Å². The van der Waals surface area contributed by atoms with Crippen molar-refractivity contribution < 1.29 is 29.0 Å². The van der Waals surface area contributed by atoms with Crippen LogP contribution in [0.3, 0.4) is 0 Å². The molecule has 14 heteroatoms. The molecule has 2 heterocycles. The Kier molecular flexibility index (Phi) is 15.5. The summed E-state index contributed by atoms with van der Waals surface area (Å²) >= 11 is 1.58. The lowest BCUT2D eigenvalue weighted by molar-refractivity contribution is -0.144. The van der Waals surface area contributed by atoms with Crippen molar-refractivity contribution in [3.8, 4) is 10.4 Å². The number of aromatic nitrogens is 1. The predicted molar refractivity (Wildman–Crippen MR) is 222 cm³/mol. The van der Waals surface area contributed by atoms with Gasteiger partial charge in [0.2, 0.25) is 23.6 Å². The highest BCUT2D eigenvalue weighted by molar-refractivity contribution is 7.13. The summed E-state index contributed by atoms with van der Waals surface area (Å²) in [6.45, 7) is 10.1. The molecule has 0 saturated carbocycles. The second kappa shape index (κ2) is 19.6. The van der Waals surface area contributed by atoms with Crippen LogP contribution in [-0.2, 0) is 43.5 Å². The first-order valence-electron chi connectivity index (χ1n) is 18.8. The molecule has 5 atom stereocenters. The number of aliphatic hydroxyl groups is 1. The zero-order chi connectivity index (χ0) is 39.9. The van der Waals surface area contributed by atoms with Crippen molar-refractivity contribution in [2.24, 2.45) is 16.9 Å². The maximum atomic E-state index is 14.0. The molecule has 0 unspecified atom stereocenters. The van der Waals surface area contributed by atoms with Crippen molar-refractivity contribution in [3.63, 3.8) is 0 Å². The number of hydrogen-bond acceptors (Lipinski definition) is 9. The van der Waals surface area contributed by atoms with E-state index in [0.29, 0.717) is 19.4 Å². The minimum absolute atomic E-state index is 0. The van der Waals surface area contributed by atoms with Crippen LogP contribution in [-0.4, -0.2) is 75.5 Å². The normalized spacial score (nSPS) is 17.2. The molecule has 5 rings (SSSR count). The van der Waals surface area contributed by atoms with Crippen molar-refractivity contribution in [2.75, 3.05) is 6.54 Å². The number of nitrogens with two attached hydrogens (primary N) is 2. The van der Waals surface area contributed by atoms with Gasteiger partial charge in [0, 0.05) is 38.4 Å². The van der Waals surface area contributed by atoms with Gasteiger partial charge in [-0.25, -0.2) is 4.98 Å². The first-order valence-corrected chi connectivity index (χ1v) is 19.7. The van der Waals surface area contributed by atoms with Gasteiger partial charge in [-0.1, -0.05) is 75.4 Å². The third-order valence-corrected chi connectivity index (χ3v) is 11.1. The number of amides is 4. The van der Waals surface area contributed by atoms with E-state index in [1.807, 2.05) is 94.7 Å². The maximum Gasteiger partial charge on any atom is 0.246 e. The van der Waals surface area contributed by atoms with Gasteiger partial charge in [-0.05, 0) is 71.2 Å². The number of carbonyl (C=O) groups excluding carboxylic acids is 4. The molecule has 4 aromatic rings. The lowest BCUT2D eigenvalue weighted by atomic mass is 9.85. The molecule has 0 bridgehead atoms. The minimum Gasteiger partial charge on any atom is -0.391 e. The lowest BCUT2D eigenvalue weighted by Crippen LogP contribution is -2.57. The Bertz CT molecular complexity index is 1980. The molecule has 0 aliphatic carbocycles. The number of aliphatic hydroxyl groups excluding tert-OH is 1. The van der Waals surface area contributed by atoms with Gasteiger partial charge in [0.05, 0.1) is 34.9 Å². The highest BCUT2D eigenvalue weighted by atomic mass is 35.5. The number of nitrogens with zero attached hydrogens (tertiary/aromatic N) is 2. The van der Waals surface area contributed by atoms with E-state index in [2.05, 4.69) is 21.7 Å². The first kappa shape index (κ1) is 44.3. The third-order valence-electron chi connectivity index (χ3n) is 10.2. The molecule has 3 aromatic carbocycles. The van der Waals surface area contributed by atoms with Crippen LogP contribution in [0.15, 0.2) is 66.2 Å². The summed E-state index contributed by atoms with van der Waals surface area (Å²) in [5.41, 5.74) is 17.4. The molecule has 1 saturated heterocycles. The van der Waals surface area contributed by atoms with Gasteiger partial charge >= 0.3 is 0 Å². The summed E-state index contributed by atoms with van der Waals surface area (Å²) < 4.78 is 5.95. The average Bonchev–Trinajstić information content (AvgIpc) is 3.77. The zero-order valence-electron chi connectivity index (χ0n) is 32.7. The van der Waals surface area contributed by atoms with E-state index < -0.39 is 29.5 Å². The number of ether oxygens (including phenoxy) is 1. The fourth-order valence-electron chi connectivity index (χ4n) is 6.76. The molecule has 1 fully saturated rings. The van der Waals surface area contributed by atoms with Gasteiger partial charge in [0.25, 0.3) is 0 Å². The molecule has 7 N–H and O–H groups in total. The Morgan fingerprint density at radius 1 is 1.00 bits per heavy atom. The summed E-state index contributed by atoms with van der Waals surface area (Å²) in [6, 6.07) is 18.0. The Labute approximate surface area is 339 Å². The third kappa shape index (κ3) is 11.8. The van der Waals surface area contributed by atoms with E-state index >= 15 is 0 Å². The van der Waals surface area contributed by atoms with Gasteiger partial charge in [0.1, 0.15) is 12.1 Å². The summed E-state index contributed by atoms with van der Waals surface area (Å²) in [5.74, 6) is -1.40. The molecule has 4 amide bonds. The summed E-state index contributed by atoms with van der Waals surface area (Å²) in [4.78, 5) is 58.7. The number of β-amino-alcohol motifs (C(OH)–C–C–N with tert-alkyl or cyclic N) is 1. The smallest absolute Gasteiger partial charge is 0.246 e. The van der Waals surface area contributed by atoms with Crippen LogP contribution in [0.5, 0.6) is 0 Å². The molecule has 1 aromatic heterocycles. The fourth-order valence-corrected chi connectivity index (χ4v) is 7.57. The van der Waals surface area contributed by atoms with Crippen molar-refractivity contribution in [2.45, 2.75) is 110 Å². The zero-order valence-corrected chi connectivity index (χ0v) is 34.4. The Morgan fingerprint density at radius 3 is 2.27 bits per heavy atom. The number of hydrogen-bond donors (Lipinski definition) is 5. The lowest BCUT2D eigenvalue weighted by Gasteiger charge is -2.35. The van der Waals surface area contributed by atoms with Gasteiger partial charge in [-0.2, -0.15) is 0 Å². The number of benzene rings is 3. The minimum atomic E-state index is -0.902. The van der Waals surface area contributed by atoms with Crippen molar-refractivity contribution >= 4 is 58.1 Å². The second-order valence-electron chi connectivity index (χ2n) is 15.6. The molecular formula is C42H55ClN6O6S. The van der Waals surface area contributed by atoms with Crippen LogP contribution >= 0.6 is 23.7 Å². The molecule has 12 nitrogen and oxygen atoms in total. The molecule has 56 heavy (non-hydrogen) atoms. The predicted octanol–water partition coefficient (Wildman–Crippen LogP) is 4.93. The van der Waals surface area contributed by atoms with Gasteiger partial charge in [0.15, 0.2) is 0 Å². The molecule has 1 aliphatic heterocycles. The number of rotatable bonds is 16. The summed E-state index contributed by atoms with van der Waals surface area (Å²) in [5, 5.41) is 18.5. The van der Waals surface area contributed by atoms with Crippen LogP contribution in [0.2, 0.25) is 0 Å². The van der Waals surface area contributed by atoms with Crippen LogP contribution < -0.4 is 22.1 Å². The fraction of sp³-hybridized carbons (Fsp3) is 0.452. The number of halogens is 1. The van der Waals surface area contributed by atoms with E-state index in [1.54, 1.807) is 11.3 Å². The van der Waals surface area contributed by atoms with Crippen LogP contribution in [0.1, 0.15) is 75.8 Å². The van der Waals surface area contributed by atoms with Crippen molar-refractivity contribution in [1.82, 2.24) is 20.5 Å². The van der Waals surface area contributed by atoms with E-state index in [0.717, 1.165) is 43.6 Å². The largest absolute Gasteiger partial charge is 0.391 e. The Hall–Kier alpha value is -4.40. The van der Waals surface area contributed by atoms with Crippen molar-refractivity contribution in [1.29, 1.82) is 0 Å². The number of thiazole rings is 1. The second-order valence-corrected chi connectivity index (χ2v) is 16.5. The van der Waals surface area contributed by atoms with E-state index in [9.17, 15) is 24.3 Å². The number of primary amides is 1. The average molecular weight is 807 g/mol. The SMILES string of the molecule is Cc1ncsc1-c1ccc(CNC(=O)[C@@H]2C[C@@H](O)CN2C(=O)[C@@H](NC(=O)CCc2ccc3cc(CO[C@H](C)[C@@H](N)CCC(N)=O)ccc3c2)C(C)(C)C)cc1.Cl. The number of aryl methyl sites for hydroxylation is 2. The highest BCUT2D eigenvalue weighted by Gasteiger charge is 2.44. The molecule has 1 aliphatic rings. The Balaban J connectivity index is 0.00000696. The van der Waals surface area contributed by atoms with Crippen LogP contribution in [0.25, 0.3) is 21.2 Å². The van der Waals surface area contributed by atoms with E-state index in [1.165, 1.54) is 4.90 Å². The number of carbonyl (C=O) groups is 4. The molecule has 0 radical (unpaired) electrons.